The number of urea groups is 1. The van der Waals surface area contributed by atoms with Crippen molar-refractivity contribution >= 4 is 12.0 Å². The molecule has 0 heterocycles. The molecule has 0 spiro atoms. The van der Waals surface area contributed by atoms with Crippen LogP contribution in [0.15, 0.2) is 0 Å². The zero-order valence-electron chi connectivity index (χ0n) is 10.9. The van der Waals surface area contributed by atoms with E-state index in [1.807, 2.05) is 20.8 Å². The number of carboxylic acid groups (broad SMARTS) is 1. The van der Waals surface area contributed by atoms with Crippen LogP contribution in [0.3, 0.4) is 0 Å². The fourth-order valence-electron chi connectivity index (χ4n) is 1.12. The summed E-state index contributed by atoms with van der Waals surface area (Å²) in [5.74, 6) is -1.02. The molecule has 2 amide bonds. The van der Waals surface area contributed by atoms with Crippen molar-refractivity contribution in [1.82, 2.24) is 10.6 Å². The number of hydrogen-bond donors (Lipinski definition) is 3. The first-order valence-corrected chi connectivity index (χ1v) is 5.64. The molecule has 0 bridgehead atoms. The number of amides is 2. The van der Waals surface area contributed by atoms with Crippen LogP contribution in [0, 0.1) is 0 Å². The maximum Gasteiger partial charge on any atom is 0.326 e. The van der Waals surface area contributed by atoms with Gasteiger partial charge < -0.3 is 20.5 Å². The van der Waals surface area contributed by atoms with Gasteiger partial charge in [-0.25, -0.2) is 9.59 Å². The standard InChI is InChI=1S/C11H22N2O4/c1-5-6-8(9(14)15)13-10(16)12-7-11(2,3)17-4/h8H,5-7H2,1-4H3,(H,14,15)(H2,12,13,16)/t8-/m1/s1. The second-order valence-electron chi connectivity index (χ2n) is 4.47. The first kappa shape index (κ1) is 15.7. The molecule has 1 atom stereocenters. The summed E-state index contributed by atoms with van der Waals surface area (Å²) in [7, 11) is 1.55. The number of carbonyl (C=O) groups is 2. The van der Waals surface area contributed by atoms with E-state index < -0.39 is 23.6 Å². The molecule has 0 unspecified atom stereocenters. The predicted octanol–water partition coefficient (Wildman–Crippen LogP) is 0.964. The average Bonchev–Trinajstić information content (AvgIpc) is 2.26. The number of ether oxygens (including phenoxy) is 1. The summed E-state index contributed by atoms with van der Waals surface area (Å²) >= 11 is 0. The Hall–Kier alpha value is -1.30. The third kappa shape index (κ3) is 6.78. The summed E-state index contributed by atoms with van der Waals surface area (Å²) in [5.41, 5.74) is -0.471. The van der Waals surface area contributed by atoms with Crippen molar-refractivity contribution in [3.05, 3.63) is 0 Å². The second-order valence-corrected chi connectivity index (χ2v) is 4.47. The Morgan fingerprint density at radius 3 is 2.41 bits per heavy atom. The first-order valence-electron chi connectivity index (χ1n) is 5.64. The van der Waals surface area contributed by atoms with Gasteiger partial charge in [0, 0.05) is 13.7 Å². The lowest BCUT2D eigenvalue weighted by Gasteiger charge is -2.23. The van der Waals surface area contributed by atoms with Crippen molar-refractivity contribution in [2.24, 2.45) is 0 Å². The van der Waals surface area contributed by atoms with Crippen molar-refractivity contribution in [3.8, 4) is 0 Å². The van der Waals surface area contributed by atoms with E-state index in [0.717, 1.165) is 0 Å². The SMILES string of the molecule is CCC[C@@H](NC(=O)NCC(C)(C)OC)C(=O)O. The fourth-order valence-corrected chi connectivity index (χ4v) is 1.12. The van der Waals surface area contributed by atoms with E-state index >= 15 is 0 Å². The molecule has 0 aromatic heterocycles. The lowest BCUT2D eigenvalue weighted by atomic mass is 10.1. The van der Waals surface area contributed by atoms with E-state index in [2.05, 4.69) is 10.6 Å². The third-order valence-corrected chi connectivity index (χ3v) is 2.41. The highest BCUT2D eigenvalue weighted by atomic mass is 16.5. The Balaban J connectivity index is 4.11. The molecule has 17 heavy (non-hydrogen) atoms. The lowest BCUT2D eigenvalue weighted by Crippen LogP contribution is -2.49. The van der Waals surface area contributed by atoms with E-state index in [0.29, 0.717) is 19.4 Å². The molecular weight excluding hydrogens is 224 g/mol. The van der Waals surface area contributed by atoms with Crippen LogP contribution in [0.2, 0.25) is 0 Å². The summed E-state index contributed by atoms with van der Waals surface area (Å²) in [6.07, 6.45) is 1.11. The monoisotopic (exact) mass is 246 g/mol. The molecule has 0 saturated heterocycles. The number of hydrogen-bond acceptors (Lipinski definition) is 3. The maximum atomic E-state index is 11.5. The van der Waals surface area contributed by atoms with Crippen LogP contribution in [0.25, 0.3) is 0 Å². The molecule has 6 nitrogen and oxygen atoms in total. The molecular formula is C11H22N2O4. The smallest absolute Gasteiger partial charge is 0.326 e. The number of aliphatic carboxylic acids is 1. The van der Waals surface area contributed by atoms with Gasteiger partial charge >= 0.3 is 12.0 Å². The fraction of sp³-hybridized carbons (Fsp3) is 0.818. The van der Waals surface area contributed by atoms with Crippen LogP contribution in [0.1, 0.15) is 33.6 Å². The molecule has 0 aromatic carbocycles. The van der Waals surface area contributed by atoms with E-state index in [4.69, 9.17) is 9.84 Å². The summed E-state index contributed by atoms with van der Waals surface area (Å²) in [4.78, 5) is 22.3. The lowest BCUT2D eigenvalue weighted by molar-refractivity contribution is -0.139. The quantitative estimate of drug-likeness (QED) is 0.624. The third-order valence-electron chi connectivity index (χ3n) is 2.41. The van der Waals surface area contributed by atoms with Gasteiger partial charge in [0.1, 0.15) is 6.04 Å². The van der Waals surface area contributed by atoms with Crippen molar-refractivity contribution in [2.45, 2.75) is 45.3 Å². The minimum absolute atomic E-state index is 0.313. The van der Waals surface area contributed by atoms with Crippen molar-refractivity contribution in [3.63, 3.8) is 0 Å². The number of methoxy groups -OCH3 is 1. The van der Waals surface area contributed by atoms with Gasteiger partial charge in [-0.15, -0.1) is 0 Å². The van der Waals surface area contributed by atoms with Crippen molar-refractivity contribution in [1.29, 1.82) is 0 Å². The largest absolute Gasteiger partial charge is 0.480 e. The molecule has 100 valence electrons. The minimum atomic E-state index is -1.02. The van der Waals surface area contributed by atoms with Gasteiger partial charge in [0.2, 0.25) is 0 Å². The predicted molar refractivity (Wildman–Crippen MR) is 64.0 cm³/mol. The second kappa shape index (κ2) is 7.11. The molecule has 0 radical (unpaired) electrons. The average molecular weight is 246 g/mol. The van der Waals surface area contributed by atoms with E-state index in [9.17, 15) is 9.59 Å². The molecule has 0 fully saturated rings. The normalized spacial score (nSPS) is 12.9. The molecule has 3 N–H and O–H groups in total. The van der Waals surface area contributed by atoms with Crippen LogP contribution >= 0.6 is 0 Å². The van der Waals surface area contributed by atoms with Crippen molar-refractivity contribution < 1.29 is 19.4 Å². The van der Waals surface area contributed by atoms with Crippen LogP contribution in [0.5, 0.6) is 0 Å². The Morgan fingerprint density at radius 1 is 1.41 bits per heavy atom. The minimum Gasteiger partial charge on any atom is -0.480 e. The van der Waals surface area contributed by atoms with Crippen LogP contribution in [-0.4, -0.2) is 42.4 Å². The highest BCUT2D eigenvalue weighted by Gasteiger charge is 2.21. The molecule has 0 aliphatic heterocycles. The van der Waals surface area contributed by atoms with Crippen molar-refractivity contribution in [2.75, 3.05) is 13.7 Å². The topological polar surface area (TPSA) is 87.7 Å². The highest BCUT2D eigenvalue weighted by molar-refractivity contribution is 5.82. The van der Waals surface area contributed by atoms with Gasteiger partial charge in [0.25, 0.3) is 0 Å². The van der Waals surface area contributed by atoms with Gasteiger partial charge in [-0.05, 0) is 20.3 Å². The van der Waals surface area contributed by atoms with Gasteiger partial charge in [-0.1, -0.05) is 13.3 Å². The van der Waals surface area contributed by atoms with Gasteiger partial charge in [-0.3, -0.25) is 0 Å². The number of rotatable bonds is 7. The summed E-state index contributed by atoms with van der Waals surface area (Å²) in [6.45, 7) is 5.83. The summed E-state index contributed by atoms with van der Waals surface area (Å²) in [6, 6.07) is -1.33. The molecule has 6 heteroatoms. The molecule has 0 rings (SSSR count). The van der Waals surface area contributed by atoms with Gasteiger partial charge in [-0.2, -0.15) is 0 Å². The molecule has 0 saturated carbocycles. The summed E-state index contributed by atoms with van der Waals surface area (Å²) in [5, 5.41) is 13.8. The Morgan fingerprint density at radius 2 is 2.00 bits per heavy atom. The van der Waals surface area contributed by atoms with E-state index in [-0.39, 0.29) is 0 Å². The highest BCUT2D eigenvalue weighted by Crippen LogP contribution is 2.04. The number of carboxylic acids is 1. The molecule has 0 aliphatic carbocycles. The van der Waals surface area contributed by atoms with Crippen LogP contribution in [0.4, 0.5) is 4.79 Å². The Bertz CT molecular complexity index is 266. The van der Waals surface area contributed by atoms with E-state index in [1.54, 1.807) is 7.11 Å². The maximum absolute atomic E-state index is 11.5. The van der Waals surface area contributed by atoms with Gasteiger partial charge in [0.15, 0.2) is 0 Å². The Labute approximate surface area is 102 Å². The van der Waals surface area contributed by atoms with Crippen LogP contribution in [-0.2, 0) is 9.53 Å². The Kier molecular flexibility index (Phi) is 6.57. The first-order chi connectivity index (χ1) is 7.82. The number of carbonyl (C=O) groups excluding carboxylic acids is 1. The molecule has 0 aliphatic rings. The zero-order valence-corrected chi connectivity index (χ0v) is 10.9. The van der Waals surface area contributed by atoms with E-state index in [1.165, 1.54) is 0 Å². The summed E-state index contributed by atoms with van der Waals surface area (Å²) < 4.78 is 5.13. The molecule has 0 aromatic rings. The number of nitrogens with one attached hydrogen (secondary N) is 2. The van der Waals surface area contributed by atoms with Gasteiger partial charge in [0.05, 0.1) is 5.60 Å². The van der Waals surface area contributed by atoms with Crippen LogP contribution < -0.4 is 10.6 Å². The zero-order chi connectivity index (χ0) is 13.5.